The van der Waals surface area contributed by atoms with E-state index in [1.807, 2.05) is 24.3 Å². The summed E-state index contributed by atoms with van der Waals surface area (Å²) >= 11 is -1.14. The number of morpholine rings is 1. The maximum absolute atomic E-state index is 12.0. The molecule has 1 saturated heterocycles. The SMILES string of the molecule is C[S+]([O-])c1cnc(-c2ccc(N)cc2)nc1N1CCOCC1. The van der Waals surface area contributed by atoms with Crippen molar-refractivity contribution in [2.75, 3.05) is 43.2 Å². The first-order valence-electron chi connectivity index (χ1n) is 7.04. The molecule has 1 unspecified atom stereocenters. The van der Waals surface area contributed by atoms with Crippen LogP contribution in [0, 0.1) is 0 Å². The smallest absolute Gasteiger partial charge is 0.213 e. The maximum atomic E-state index is 12.0. The highest BCUT2D eigenvalue weighted by molar-refractivity contribution is 7.90. The van der Waals surface area contributed by atoms with Gasteiger partial charge in [-0.2, -0.15) is 0 Å². The first-order valence-corrected chi connectivity index (χ1v) is 8.60. The number of hydrogen-bond donors (Lipinski definition) is 1. The van der Waals surface area contributed by atoms with E-state index in [9.17, 15) is 4.55 Å². The first-order chi connectivity index (χ1) is 10.6. The van der Waals surface area contributed by atoms with Crippen LogP contribution in [0.15, 0.2) is 35.4 Å². The van der Waals surface area contributed by atoms with E-state index in [0.29, 0.717) is 29.6 Å². The van der Waals surface area contributed by atoms with Crippen molar-refractivity contribution >= 4 is 22.7 Å². The average molecular weight is 318 g/mol. The van der Waals surface area contributed by atoms with Crippen molar-refractivity contribution in [2.45, 2.75) is 4.90 Å². The Hall–Kier alpha value is -1.83. The van der Waals surface area contributed by atoms with E-state index in [0.717, 1.165) is 24.5 Å². The number of aromatic nitrogens is 2. The minimum Gasteiger partial charge on any atom is -0.612 e. The molecule has 1 fully saturated rings. The van der Waals surface area contributed by atoms with Crippen molar-refractivity contribution < 1.29 is 9.29 Å². The van der Waals surface area contributed by atoms with Crippen LogP contribution in [0.5, 0.6) is 0 Å². The Morgan fingerprint density at radius 1 is 1.23 bits per heavy atom. The molecule has 1 aromatic heterocycles. The standard InChI is InChI=1S/C15H18N4O2S/c1-22(20)13-10-17-14(11-2-4-12(16)5-3-11)18-15(13)19-6-8-21-9-7-19/h2-5,10H,6-9,16H2,1H3. The van der Waals surface area contributed by atoms with Crippen LogP contribution >= 0.6 is 0 Å². The number of nitrogens with zero attached hydrogens (tertiary/aromatic N) is 3. The highest BCUT2D eigenvalue weighted by atomic mass is 32.2. The Morgan fingerprint density at radius 2 is 1.91 bits per heavy atom. The molecule has 116 valence electrons. The van der Waals surface area contributed by atoms with Crippen LogP contribution in [-0.2, 0) is 15.9 Å². The monoisotopic (exact) mass is 318 g/mol. The normalized spacial score (nSPS) is 16.5. The van der Waals surface area contributed by atoms with Gasteiger partial charge in [-0.15, -0.1) is 0 Å². The maximum Gasteiger partial charge on any atom is 0.213 e. The lowest BCUT2D eigenvalue weighted by Crippen LogP contribution is -2.37. The molecule has 2 heterocycles. The van der Waals surface area contributed by atoms with Gasteiger partial charge in [-0.3, -0.25) is 0 Å². The number of ether oxygens (including phenoxy) is 1. The Labute approximate surface area is 132 Å². The molecule has 3 rings (SSSR count). The lowest BCUT2D eigenvalue weighted by molar-refractivity contribution is 0.122. The van der Waals surface area contributed by atoms with E-state index in [-0.39, 0.29) is 0 Å². The molecule has 1 aliphatic heterocycles. The Kier molecular flexibility index (Phi) is 4.47. The van der Waals surface area contributed by atoms with Crippen LogP contribution in [0.25, 0.3) is 11.4 Å². The van der Waals surface area contributed by atoms with Gasteiger partial charge < -0.3 is 19.9 Å². The van der Waals surface area contributed by atoms with Gasteiger partial charge in [0, 0.05) is 24.3 Å². The molecule has 22 heavy (non-hydrogen) atoms. The molecule has 2 N–H and O–H groups in total. The number of benzene rings is 1. The molecule has 0 bridgehead atoms. The molecule has 7 heteroatoms. The van der Waals surface area contributed by atoms with Crippen molar-refractivity contribution in [3.63, 3.8) is 0 Å². The quantitative estimate of drug-likeness (QED) is 0.678. The third-order valence-electron chi connectivity index (χ3n) is 3.53. The van der Waals surface area contributed by atoms with Gasteiger partial charge in [0.05, 0.1) is 19.4 Å². The lowest BCUT2D eigenvalue weighted by Gasteiger charge is -2.28. The molecule has 0 aliphatic carbocycles. The van der Waals surface area contributed by atoms with E-state index >= 15 is 0 Å². The third kappa shape index (κ3) is 3.16. The molecule has 6 nitrogen and oxygen atoms in total. The van der Waals surface area contributed by atoms with Gasteiger partial charge in [-0.25, -0.2) is 9.97 Å². The molecule has 0 saturated carbocycles. The predicted octanol–water partition coefficient (Wildman–Crippen LogP) is 1.30. The zero-order chi connectivity index (χ0) is 15.5. The largest absolute Gasteiger partial charge is 0.612 e. The van der Waals surface area contributed by atoms with Crippen LogP contribution < -0.4 is 10.6 Å². The fourth-order valence-electron chi connectivity index (χ4n) is 2.34. The second kappa shape index (κ2) is 6.51. The first kappa shape index (κ1) is 15.1. The van der Waals surface area contributed by atoms with Gasteiger partial charge in [0.2, 0.25) is 4.90 Å². The number of hydrogen-bond acceptors (Lipinski definition) is 6. The molecular weight excluding hydrogens is 300 g/mol. The number of rotatable bonds is 3. The van der Waals surface area contributed by atoms with Gasteiger partial charge in [0.1, 0.15) is 6.26 Å². The zero-order valence-electron chi connectivity index (χ0n) is 12.4. The summed E-state index contributed by atoms with van der Waals surface area (Å²) in [6.45, 7) is 2.78. The second-order valence-electron chi connectivity index (χ2n) is 5.06. The van der Waals surface area contributed by atoms with Crippen LogP contribution in [0.2, 0.25) is 0 Å². The van der Waals surface area contributed by atoms with E-state index in [1.54, 1.807) is 12.5 Å². The van der Waals surface area contributed by atoms with Crippen LogP contribution in [0.3, 0.4) is 0 Å². The summed E-state index contributed by atoms with van der Waals surface area (Å²) in [4.78, 5) is 11.7. The van der Waals surface area contributed by atoms with E-state index in [2.05, 4.69) is 14.9 Å². The molecule has 1 atom stereocenters. The molecule has 1 aliphatic rings. The fraction of sp³-hybridized carbons (Fsp3) is 0.333. The van der Waals surface area contributed by atoms with Crippen molar-refractivity contribution in [1.29, 1.82) is 0 Å². The summed E-state index contributed by atoms with van der Waals surface area (Å²) in [7, 11) is 0. The molecule has 1 aromatic carbocycles. The van der Waals surface area contributed by atoms with Crippen molar-refractivity contribution in [1.82, 2.24) is 9.97 Å². The van der Waals surface area contributed by atoms with Gasteiger partial charge in [0.15, 0.2) is 11.6 Å². The van der Waals surface area contributed by atoms with Gasteiger partial charge >= 0.3 is 0 Å². The zero-order valence-corrected chi connectivity index (χ0v) is 13.2. The van der Waals surface area contributed by atoms with E-state index in [1.165, 1.54) is 0 Å². The minimum absolute atomic E-state index is 0.607. The molecule has 2 aromatic rings. The summed E-state index contributed by atoms with van der Waals surface area (Å²) in [6, 6.07) is 7.41. The molecule has 0 spiro atoms. The summed E-state index contributed by atoms with van der Waals surface area (Å²) in [5, 5.41) is 0. The molecule has 0 radical (unpaired) electrons. The lowest BCUT2D eigenvalue weighted by atomic mass is 10.2. The van der Waals surface area contributed by atoms with Crippen molar-refractivity contribution in [2.24, 2.45) is 0 Å². The van der Waals surface area contributed by atoms with Crippen molar-refractivity contribution in [3.05, 3.63) is 30.5 Å². The topological polar surface area (TPSA) is 87.3 Å². The van der Waals surface area contributed by atoms with Gasteiger partial charge in [0.25, 0.3) is 0 Å². The highest BCUT2D eigenvalue weighted by Crippen LogP contribution is 2.26. The van der Waals surface area contributed by atoms with Gasteiger partial charge in [-0.1, -0.05) is 0 Å². The summed E-state index contributed by atoms with van der Waals surface area (Å²) < 4.78 is 17.3. The van der Waals surface area contributed by atoms with Crippen LogP contribution in [-0.4, -0.2) is 47.1 Å². The molecular formula is C15H18N4O2S. The second-order valence-corrected chi connectivity index (χ2v) is 6.41. The number of nitrogen functional groups attached to an aromatic ring is 1. The highest BCUT2D eigenvalue weighted by Gasteiger charge is 2.23. The molecule has 0 amide bonds. The number of anilines is 2. The predicted molar refractivity (Wildman–Crippen MR) is 87.2 cm³/mol. The Morgan fingerprint density at radius 3 is 2.55 bits per heavy atom. The van der Waals surface area contributed by atoms with Crippen LogP contribution in [0.1, 0.15) is 0 Å². The Bertz CT molecular complexity index is 642. The van der Waals surface area contributed by atoms with Gasteiger partial charge in [-0.05, 0) is 35.4 Å². The third-order valence-corrected chi connectivity index (χ3v) is 4.43. The average Bonchev–Trinajstić information content (AvgIpc) is 2.56. The summed E-state index contributed by atoms with van der Waals surface area (Å²) in [6.07, 6.45) is 3.30. The van der Waals surface area contributed by atoms with E-state index in [4.69, 9.17) is 10.5 Å². The minimum atomic E-state index is -1.14. The fourth-order valence-corrected chi connectivity index (χ4v) is 2.97. The summed E-state index contributed by atoms with van der Waals surface area (Å²) in [5.74, 6) is 1.33. The Balaban J connectivity index is 2.01. The van der Waals surface area contributed by atoms with E-state index < -0.39 is 11.2 Å². The summed E-state index contributed by atoms with van der Waals surface area (Å²) in [5.41, 5.74) is 7.30. The van der Waals surface area contributed by atoms with Crippen LogP contribution in [0.4, 0.5) is 11.5 Å². The van der Waals surface area contributed by atoms with Crippen molar-refractivity contribution in [3.8, 4) is 11.4 Å². The number of nitrogens with two attached hydrogens (primary N) is 1.